The number of aliphatic hydroxyl groups is 1. The van der Waals surface area contributed by atoms with Gasteiger partial charge in [0.25, 0.3) is 0 Å². The third kappa shape index (κ3) is 5.82. The van der Waals surface area contributed by atoms with E-state index in [0.717, 1.165) is 6.42 Å². The highest BCUT2D eigenvalue weighted by Crippen LogP contribution is 2.11. The molecule has 0 radical (unpaired) electrons. The first kappa shape index (κ1) is 14.9. The summed E-state index contributed by atoms with van der Waals surface area (Å²) in [6, 6.07) is 0.759. The Hall–Kier alpha value is -0.160. The lowest BCUT2D eigenvalue weighted by molar-refractivity contribution is 0.139. The molecule has 1 heterocycles. The van der Waals surface area contributed by atoms with Crippen molar-refractivity contribution < 1.29 is 9.84 Å². The van der Waals surface area contributed by atoms with Gasteiger partial charge < -0.3 is 20.1 Å². The van der Waals surface area contributed by atoms with E-state index in [9.17, 15) is 5.11 Å². The molecule has 0 amide bonds. The molecule has 4 nitrogen and oxygen atoms in total. The number of ether oxygens (including phenoxy) is 1. The SMILES string of the molecule is CCCN1CCC(NC(CO)CCOC)CC1. The maximum Gasteiger partial charge on any atom is 0.0585 e. The Morgan fingerprint density at radius 1 is 1.41 bits per heavy atom. The lowest BCUT2D eigenvalue weighted by atomic mass is 10.0. The van der Waals surface area contributed by atoms with E-state index in [0.29, 0.717) is 12.6 Å². The fourth-order valence-corrected chi connectivity index (χ4v) is 2.46. The Morgan fingerprint density at radius 3 is 2.65 bits per heavy atom. The molecule has 1 rings (SSSR count). The summed E-state index contributed by atoms with van der Waals surface area (Å²) in [5, 5.41) is 12.8. The minimum atomic E-state index is 0.192. The highest BCUT2D eigenvalue weighted by Gasteiger charge is 2.20. The van der Waals surface area contributed by atoms with Crippen LogP contribution in [0.2, 0.25) is 0 Å². The van der Waals surface area contributed by atoms with Crippen molar-refractivity contribution in [2.24, 2.45) is 0 Å². The van der Waals surface area contributed by atoms with E-state index >= 15 is 0 Å². The van der Waals surface area contributed by atoms with E-state index in [1.165, 1.54) is 38.9 Å². The highest BCUT2D eigenvalue weighted by molar-refractivity contribution is 4.80. The number of rotatable bonds is 8. The highest BCUT2D eigenvalue weighted by atomic mass is 16.5. The number of nitrogens with one attached hydrogen (secondary N) is 1. The van der Waals surface area contributed by atoms with E-state index in [2.05, 4.69) is 17.1 Å². The second-order valence-corrected chi connectivity index (χ2v) is 4.94. The van der Waals surface area contributed by atoms with Crippen molar-refractivity contribution in [2.75, 3.05) is 40.0 Å². The molecular formula is C13H28N2O2. The van der Waals surface area contributed by atoms with Crippen LogP contribution in [-0.2, 0) is 4.74 Å². The molecule has 2 N–H and O–H groups in total. The standard InChI is InChI=1S/C13H28N2O2/c1-3-7-15-8-4-12(5-9-15)14-13(11-16)6-10-17-2/h12-14,16H,3-11H2,1-2H3. The Bertz CT molecular complexity index is 182. The zero-order valence-electron chi connectivity index (χ0n) is 11.3. The average molecular weight is 244 g/mol. The molecule has 0 aromatic carbocycles. The predicted molar refractivity (Wildman–Crippen MR) is 70.3 cm³/mol. The van der Waals surface area contributed by atoms with E-state index in [4.69, 9.17) is 4.74 Å². The van der Waals surface area contributed by atoms with Crippen LogP contribution in [0, 0.1) is 0 Å². The second kappa shape index (κ2) is 8.86. The topological polar surface area (TPSA) is 44.7 Å². The summed E-state index contributed by atoms with van der Waals surface area (Å²) < 4.78 is 5.05. The molecule has 1 aliphatic rings. The van der Waals surface area contributed by atoms with Crippen LogP contribution in [0.15, 0.2) is 0 Å². The minimum Gasteiger partial charge on any atom is -0.395 e. The minimum absolute atomic E-state index is 0.192. The van der Waals surface area contributed by atoms with Crippen LogP contribution in [0.1, 0.15) is 32.6 Å². The average Bonchev–Trinajstić information content (AvgIpc) is 2.37. The molecular weight excluding hydrogens is 216 g/mol. The third-order valence-corrected chi connectivity index (χ3v) is 3.49. The Labute approximate surface area is 105 Å². The molecule has 4 heteroatoms. The van der Waals surface area contributed by atoms with E-state index in [1.807, 2.05) is 0 Å². The Kier molecular flexibility index (Phi) is 7.77. The van der Waals surface area contributed by atoms with Gasteiger partial charge in [-0.3, -0.25) is 0 Å². The Balaban J connectivity index is 2.19. The van der Waals surface area contributed by atoms with Crippen molar-refractivity contribution in [3.8, 4) is 0 Å². The van der Waals surface area contributed by atoms with E-state index < -0.39 is 0 Å². The van der Waals surface area contributed by atoms with Crippen LogP contribution in [0.3, 0.4) is 0 Å². The van der Waals surface area contributed by atoms with Gasteiger partial charge in [-0.1, -0.05) is 6.92 Å². The molecule has 102 valence electrons. The van der Waals surface area contributed by atoms with Gasteiger partial charge >= 0.3 is 0 Å². The van der Waals surface area contributed by atoms with Gasteiger partial charge in [0.05, 0.1) is 6.61 Å². The fraction of sp³-hybridized carbons (Fsp3) is 1.00. The fourth-order valence-electron chi connectivity index (χ4n) is 2.46. The van der Waals surface area contributed by atoms with Gasteiger partial charge in [0.2, 0.25) is 0 Å². The number of likely N-dealkylation sites (tertiary alicyclic amines) is 1. The van der Waals surface area contributed by atoms with Crippen LogP contribution in [0.25, 0.3) is 0 Å². The monoisotopic (exact) mass is 244 g/mol. The van der Waals surface area contributed by atoms with Crippen LogP contribution in [0.5, 0.6) is 0 Å². The molecule has 1 unspecified atom stereocenters. The van der Waals surface area contributed by atoms with Gasteiger partial charge in [-0.15, -0.1) is 0 Å². The number of hydrogen-bond acceptors (Lipinski definition) is 4. The van der Waals surface area contributed by atoms with Crippen molar-refractivity contribution in [2.45, 2.75) is 44.7 Å². The van der Waals surface area contributed by atoms with Crippen molar-refractivity contribution in [1.29, 1.82) is 0 Å². The van der Waals surface area contributed by atoms with Crippen LogP contribution in [-0.4, -0.2) is 62.0 Å². The number of piperidine rings is 1. The van der Waals surface area contributed by atoms with Gasteiger partial charge in [-0.25, -0.2) is 0 Å². The number of aliphatic hydroxyl groups excluding tert-OH is 1. The van der Waals surface area contributed by atoms with Gasteiger partial charge in [-0.05, 0) is 45.3 Å². The molecule has 1 saturated heterocycles. The summed E-state index contributed by atoms with van der Waals surface area (Å²) in [7, 11) is 1.71. The van der Waals surface area contributed by atoms with Gasteiger partial charge in [0.1, 0.15) is 0 Å². The maximum absolute atomic E-state index is 9.29. The zero-order chi connectivity index (χ0) is 12.5. The molecule has 0 aliphatic carbocycles. The molecule has 0 bridgehead atoms. The first-order valence-electron chi connectivity index (χ1n) is 6.88. The van der Waals surface area contributed by atoms with Gasteiger partial charge in [0, 0.05) is 25.8 Å². The number of nitrogens with zero attached hydrogens (tertiary/aromatic N) is 1. The normalized spacial score (nSPS) is 20.6. The van der Waals surface area contributed by atoms with E-state index in [1.54, 1.807) is 7.11 Å². The van der Waals surface area contributed by atoms with Crippen molar-refractivity contribution in [3.63, 3.8) is 0 Å². The van der Waals surface area contributed by atoms with Gasteiger partial charge in [0.15, 0.2) is 0 Å². The second-order valence-electron chi connectivity index (χ2n) is 4.94. The first-order chi connectivity index (χ1) is 8.30. The van der Waals surface area contributed by atoms with Crippen molar-refractivity contribution >= 4 is 0 Å². The lowest BCUT2D eigenvalue weighted by Gasteiger charge is -2.34. The van der Waals surface area contributed by atoms with Gasteiger partial charge in [-0.2, -0.15) is 0 Å². The van der Waals surface area contributed by atoms with Crippen LogP contribution in [0.4, 0.5) is 0 Å². The summed E-state index contributed by atoms with van der Waals surface area (Å²) in [6.07, 6.45) is 4.53. The molecule has 0 spiro atoms. The van der Waals surface area contributed by atoms with Crippen molar-refractivity contribution in [3.05, 3.63) is 0 Å². The largest absolute Gasteiger partial charge is 0.395 e. The van der Waals surface area contributed by atoms with E-state index in [-0.39, 0.29) is 12.6 Å². The van der Waals surface area contributed by atoms with Crippen LogP contribution >= 0.6 is 0 Å². The molecule has 17 heavy (non-hydrogen) atoms. The lowest BCUT2D eigenvalue weighted by Crippen LogP contribution is -2.47. The molecule has 1 fully saturated rings. The predicted octanol–water partition coefficient (Wildman–Crippen LogP) is 0.848. The molecule has 0 aromatic rings. The summed E-state index contributed by atoms with van der Waals surface area (Å²) >= 11 is 0. The summed E-state index contributed by atoms with van der Waals surface area (Å²) in [4.78, 5) is 2.53. The summed E-state index contributed by atoms with van der Waals surface area (Å²) in [5.41, 5.74) is 0. The quantitative estimate of drug-likeness (QED) is 0.664. The molecule has 1 aliphatic heterocycles. The van der Waals surface area contributed by atoms with Crippen LogP contribution < -0.4 is 5.32 Å². The van der Waals surface area contributed by atoms with Crippen molar-refractivity contribution in [1.82, 2.24) is 10.2 Å². The Morgan fingerprint density at radius 2 is 2.12 bits per heavy atom. The summed E-state index contributed by atoms with van der Waals surface area (Å²) in [6.45, 7) is 6.75. The summed E-state index contributed by atoms with van der Waals surface area (Å²) in [5.74, 6) is 0. The number of hydrogen-bond donors (Lipinski definition) is 2. The zero-order valence-corrected chi connectivity index (χ0v) is 11.3. The third-order valence-electron chi connectivity index (χ3n) is 3.49. The maximum atomic E-state index is 9.29. The first-order valence-corrected chi connectivity index (χ1v) is 6.88. The molecule has 1 atom stereocenters. The molecule has 0 saturated carbocycles. The smallest absolute Gasteiger partial charge is 0.0585 e. The number of methoxy groups -OCH3 is 1. The molecule has 0 aromatic heterocycles.